The number of aliphatic hydroxyl groups is 1. The molecular formula is C16H27NO2. The zero-order valence-electron chi connectivity index (χ0n) is 12.3. The summed E-state index contributed by atoms with van der Waals surface area (Å²) in [5.41, 5.74) is 0.619. The predicted molar refractivity (Wildman–Crippen MR) is 79.4 cm³/mol. The van der Waals surface area contributed by atoms with Gasteiger partial charge in [0.05, 0.1) is 5.60 Å². The standard InChI is InChI=1S/C16H27NO2/c1-4-11-16(3,19)12-17-13(2)5-6-14-7-9-15(18)10-8-14/h7-10,13,17-19H,4-6,11-12H2,1-3H3. The number of hydrogen-bond donors (Lipinski definition) is 3. The maximum Gasteiger partial charge on any atom is 0.115 e. The first kappa shape index (κ1) is 16.0. The van der Waals surface area contributed by atoms with Crippen LogP contribution in [0.4, 0.5) is 0 Å². The molecule has 0 bridgehead atoms. The molecule has 2 atom stereocenters. The first-order chi connectivity index (χ1) is 8.93. The number of phenols is 1. The molecule has 0 aliphatic rings. The molecule has 0 saturated heterocycles. The van der Waals surface area contributed by atoms with Crippen molar-refractivity contribution in [1.82, 2.24) is 5.32 Å². The quantitative estimate of drug-likeness (QED) is 0.677. The molecule has 0 saturated carbocycles. The van der Waals surface area contributed by atoms with E-state index in [0.717, 1.165) is 25.7 Å². The average Bonchev–Trinajstić information content (AvgIpc) is 2.36. The number of hydrogen-bond acceptors (Lipinski definition) is 3. The molecule has 0 heterocycles. The van der Waals surface area contributed by atoms with Crippen LogP contribution >= 0.6 is 0 Å². The Hall–Kier alpha value is -1.06. The molecule has 108 valence electrons. The Kier molecular flexibility index (Phi) is 6.32. The van der Waals surface area contributed by atoms with Gasteiger partial charge in [0.1, 0.15) is 5.75 Å². The molecule has 0 radical (unpaired) electrons. The minimum atomic E-state index is -0.610. The van der Waals surface area contributed by atoms with E-state index >= 15 is 0 Å². The lowest BCUT2D eigenvalue weighted by atomic mass is 9.99. The Morgan fingerprint density at radius 1 is 1.26 bits per heavy atom. The molecule has 1 aromatic rings. The minimum absolute atomic E-state index is 0.311. The van der Waals surface area contributed by atoms with E-state index in [1.807, 2.05) is 19.1 Å². The van der Waals surface area contributed by atoms with Crippen molar-refractivity contribution in [2.24, 2.45) is 0 Å². The molecule has 1 aromatic carbocycles. The highest BCUT2D eigenvalue weighted by atomic mass is 16.3. The lowest BCUT2D eigenvalue weighted by molar-refractivity contribution is 0.0474. The Labute approximate surface area is 116 Å². The number of rotatable bonds is 8. The van der Waals surface area contributed by atoms with Gasteiger partial charge in [0.2, 0.25) is 0 Å². The second-order valence-electron chi connectivity index (χ2n) is 5.73. The van der Waals surface area contributed by atoms with Crippen LogP contribution in [-0.4, -0.2) is 28.4 Å². The van der Waals surface area contributed by atoms with Gasteiger partial charge < -0.3 is 15.5 Å². The lowest BCUT2D eigenvalue weighted by Gasteiger charge is -2.25. The van der Waals surface area contributed by atoms with Crippen molar-refractivity contribution in [2.45, 2.75) is 58.1 Å². The van der Waals surface area contributed by atoms with E-state index < -0.39 is 5.60 Å². The zero-order chi connectivity index (χ0) is 14.3. The fourth-order valence-electron chi connectivity index (χ4n) is 2.17. The molecule has 0 fully saturated rings. The van der Waals surface area contributed by atoms with Crippen molar-refractivity contribution >= 4 is 0 Å². The van der Waals surface area contributed by atoms with Crippen LogP contribution in [0.5, 0.6) is 5.75 Å². The third kappa shape index (κ3) is 6.60. The summed E-state index contributed by atoms with van der Waals surface area (Å²) in [7, 11) is 0. The van der Waals surface area contributed by atoms with Crippen molar-refractivity contribution in [3.05, 3.63) is 29.8 Å². The third-order valence-corrected chi connectivity index (χ3v) is 3.42. The number of aromatic hydroxyl groups is 1. The molecule has 1 rings (SSSR count). The first-order valence-corrected chi connectivity index (χ1v) is 7.16. The van der Waals surface area contributed by atoms with Gasteiger partial charge in [0.25, 0.3) is 0 Å². The maximum atomic E-state index is 10.1. The summed E-state index contributed by atoms with van der Waals surface area (Å²) >= 11 is 0. The summed E-state index contributed by atoms with van der Waals surface area (Å²) in [6.07, 6.45) is 3.82. The van der Waals surface area contributed by atoms with Crippen molar-refractivity contribution < 1.29 is 10.2 Å². The molecule has 0 spiro atoms. The molecule has 3 N–H and O–H groups in total. The molecule has 2 unspecified atom stereocenters. The van der Waals surface area contributed by atoms with Crippen molar-refractivity contribution in [3.8, 4) is 5.75 Å². The summed E-state index contributed by atoms with van der Waals surface area (Å²) in [6.45, 7) is 6.75. The molecule has 0 amide bonds. The smallest absolute Gasteiger partial charge is 0.115 e. The van der Waals surface area contributed by atoms with Crippen LogP contribution < -0.4 is 5.32 Å². The fraction of sp³-hybridized carbons (Fsp3) is 0.625. The Balaban J connectivity index is 2.28. The summed E-state index contributed by atoms with van der Waals surface area (Å²) in [6, 6.07) is 7.72. The van der Waals surface area contributed by atoms with Crippen molar-refractivity contribution in [2.75, 3.05) is 6.54 Å². The van der Waals surface area contributed by atoms with Crippen LogP contribution in [0.2, 0.25) is 0 Å². The molecule has 3 nitrogen and oxygen atoms in total. The number of aryl methyl sites for hydroxylation is 1. The van der Waals surface area contributed by atoms with E-state index in [9.17, 15) is 10.2 Å². The van der Waals surface area contributed by atoms with Gasteiger partial charge in [0.15, 0.2) is 0 Å². The van der Waals surface area contributed by atoms with Gasteiger partial charge in [-0.3, -0.25) is 0 Å². The van der Waals surface area contributed by atoms with Crippen LogP contribution in [0.25, 0.3) is 0 Å². The molecule has 3 heteroatoms. The Morgan fingerprint density at radius 3 is 2.47 bits per heavy atom. The highest BCUT2D eigenvalue weighted by Crippen LogP contribution is 2.13. The van der Waals surface area contributed by atoms with Crippen molar-refractivity contribution in [3.63, 3.8) is 0 Å². The van der Waals surface area contributed by atoms with Crippen molar-refractivity contribution in [1.29, 1.82) is 0 Å². The van der Waals surface area contributed by atoms with Gasteiger partial charge >= 0.3 is 0 Å². The van der Waals surface area contributed by atoms with Crippen LogP contribution in [-0.2, 0) is 6.42 Å². The van der Waals surface area contributed by atoms with E-state index in [4.69, 9.17) is 0 Å². The summed E-state index contributed by atoms with van der Waals surface area (Å²) in [4.78, 5) is 0. The third-order valence-electron chi connectivity index (χ3n) is 3.42. The molecular weight excluding hydrogens is 238 g/mol. The molecule has 0 aliphatic carbocycles. The van der Waals surface area contributed by atoms with Gasteiger partial charge in [-0.15, -0.1) is 0 Å². The Morgan fingerprint density at radius 2 is 1.89 bits per heavy atom. The van der Waals surface area contributed by atoms with Gasteiger partial charge in [-0.1, -0.05) is 25.5 Å². The lowest BCUT2D eigenvalue weighted by Crippen LogP contribution is -2.41. The maximum absolute atomic E-state index is 10.1. The van der Waals surface area contributed by atoms with Crippen LogP contribution in [0.3, 0.4) is 0 Å². The van der Waals surface area contributed by atoms with E-state index in [1.54, 1.807) is 12.1 Å². The van der Waals surface area contributed by atoms with Gasteiger partial charge in [-0.05, 0) is 50.8 Å². The monoisotopic (exact) mass is 265 g/mol. The predicted octanol–water partition coefficient (Wildman–Crippen LogP) is 2.85. The van der Waals surface area contributed by atoms with E-state index in [2.05, 4.69) is 19.2 Å². The average molecular weight is 265 g/mol. The second-order valence-corrected chi connectivity index (χ2v) is 5.73. The van der Waals surface area contributed by atoms with E-state index in [0.29, 0.717) is 18.3 Å². The summed E-state index contributed by atoms with van der Waals surface area (Å²) < 4.78 is 0. The molecule has 0 aliphatic heterocycles. The number of nitrogens with one attached hydrogen (secondary N) is 1. The highest BCUT2D eigenvalue weighted by molar-refractivity contribution is 5.25. The minimum Gasteiger partial charge on any atom is -0.508 e. The number of phenolic OH excluding ortho intramolecular Hbond substituents is 1. The van der Waals surface area contributed by atoms with E-state index in [1.165, 1.54) is 5.56 Å². The topological polar surface area (TPSA) is 52.5 Å². The van der Waals surface area contributed by atoms with Gasteiger partial charge in [-0.25, -0.2) is 0 Å². The van der Waals surface area contributed by atoms with Gasteiger partial charge in [-0.2, -0.15) is 0 Å². The molecule has 19 heavy (non-hydrogen) atoms. The highest BCUT2D eigenvalue weighted by Gasteiger charge is 2.19. The Bertz CT molecular complexity index is 360. The fourth-order valence-corrected chi connectivity index (χ4v) is 2.17. The molecule has 0 aromatic heterocycles. The van der Waals surface area contributed by atoms with Crippen LogP contribution in [0, 0.1) is 0 Å². The largest absolute Gasteiger partial charge is 0.508 e. The van der Waals surface area contributed by atoms with Crippen LogP contribution in [0.1, 0.15) is 45.6 Å². The summed E-state index contributed by atoms with van der Waals surface area (Å²) in [5, 5.41) is 22.7. The second kappa shape index (κ2) is 7.51. The number of benzene rings is 1. The first-order valence-electron chi connectivity index (χ1n) is 7.16. The summed E-state index contributed by atoms with van der Waals surface area (Å²) in [5.74, 6) is 0.311. The normalized spacial score (nSPS) is 16.0. The van der Waals surface area contributed by atoms with E-state index in [-0.39, 0.29) is 0 Å². The van der Waals surface area contributed by atoms with Crippen LogP contribution in [0.15, 0.2) is 24.3 Å². The SMILES string of the molecule is CCCC(C)(O)CNC(C)CCc1ccc(O)cc1. The zero-order valence-corrected chi connectivity index (χ0v) is 12.3. The van der Waals surface area contributed by atoms with Gasteiger partial charge in [0, 0.05) is 12.6 Å².